The van der Waals surface area contributed by atoms with E-state index < -0.39 is 0 Å². The van der Waals surface area contributed by atoms with Crippen molar-refractivity contribution in [1.82, 2.24) is 10.3 Å². The maximum absolute atomic E-state index is 12.6. The van der Waals surface area contributed by atoms with E-state index in [0.29, 0.717) is 10.9 Å². The van der Waals surface area contributed by atoms with Crippen LogP contribution in [0.4, 0.5) is 0 Å². The first-order chi connectivity index (χ1) is 12.0. The fourth-order valence-electron chi connectivity index (χ4n) is 2.47. The molecule has 2 aromatic carbocycles. The number of nitrogens with two attached hydrogens (primary N) is 1. The molecule has 3 N–H and O–H groups in total. The lowest BCUT2D eigenvalue weighted by atomic mass is 9.98. The number of rotatable bonds is 5. The van der Waals surface area contributed by atoms with Crippen LogP contribution >= 0.6 is 11.6 Å². The molecule has 0 bridgehead atoms. The van der Waals surface area contributed by atoms with Gasteiger partial charge in [-0.3, -0.25) is 4.79 Å². The minimum atomic E-state index is -0.372. The van der Waals surface area contributed by atoms with Crippen LogP contribution in [0.25, 0.3) is 0 Å². The summed E-state index contributed by atoms with van der Waals surface area (Å²) in [7, 11) is 0. The van der Waals surface area contributed by atoms with Crippen LogP contribution in [0, 0.1) is 0 Å². The van der Waals surface area contributed by atoms with Gasteiger partial charge in [0.15, 0.2) is 5.69 Å². The molecule has 6 heteroatoms. The second-order valence-electron chi connectivity index (χ2n) is 5.73. The monoisotopic (exact) mass is 355 g/mol. The molecule has 25 heavy (non-hydrogen) atoms. The molecular formula is C19H18ClN3O2. The fourth-order valence-corrected chi connectivity index (χ4v) is 2.59. The molecule has 0 saturated heterocycles. The molecule has 1 aromatic heterocycles. The first-order valence-corrected chi connectivity index (χ1v) is 8.24. The van der Waals surface area contributed by atoms with Crippen molar-refractivity contribution in [1.29, 1.82) is 0 Å². The minimum Gasteiger partial charge on any atom is -0.446 e. The number of amides is 1. The lowest BCUT2D eigenvalue weighted by Crippen LogP contribution is -2.29. The number of benzene rings is 2. The van der Waals surface area contributed by atoms with Crippen LogP contribution in [-0.4, -0.2) is 10.9 Å². The smallest absolute Gasteiger partial charge is 0.273 e. The van der Waals surface area contributed by atoms with E-state index in [1.165, 1.54) is 6.26 Å². The molecule has 128 valence electrons. The SMILES string of the molecule is CC(N)c1nc(C(=O)NC(c2ccccc2)c2ccc(Cl)cc2)co1. The summed E-state index contributed by atoms with van der Waals surface area (Å²) in [4.78, 5) is 16.7. The van der Waals surface area contributed by atoms with Crippen LogP contribution in [0.2, 0.25) is 5.02 Å². The summed E-state index contributed by atoms with van der Waals surface area (Å²) in [5.74, 6) is -0.00708. The van der Waals surface area contributed by atoms with E-state index >= 15 is 0 Å². The summed E-state index contributed by atoms with van der Waals surface area (Å²) in [6, 6.07) is 16.3. The number of aromatic nitrogens is 1. The second-order valence-corrected chi connectivity index (χ2v) is 6.16. The molecule has 1 amide bonds. The zero-order chi connectivity index (χ0) is 17.8. The molecule has 0 aliphatic heterocycles. The van der Waals surface area contributed by atoms with Crippen molar-refractivity contribution in [3.8, 4) is 0 Å². The van der Waals surface area contributed by atoms with Gasteiger partial charge >= 0.3 is 0 Å². The van der Waals surface area contributed by atoms with E-state index in [2.05, 4.69) is 10.3 Å². The van der Waals surface area contributed by atoms with Gasteiger partial charge in [0.2, 0.25) is 5.89 Å². The third kappa shape index (κ3) is 4.07. The number of nitrogens with one attached hydrogen (secondary N) is 1. The third-order valence-electron chi connectivity index (χ3n) is 3.76. The van der Waals surface area contributed by atoms with E-state index in [9.17, 15) is 4.79 Å². The van der Waals surface area contributed by atoms with E-state index in [4.69, 9.17) is 21.8 Å². The Morgan fingerprint density at radius 1 is 1.12 bits per heavy atom. The van der Waals surface area contributed by atoms with Crippen molar-refractivity contribution in [3.05, 3.63) is 88.6 Å². The first kappa shape index (κ1) is 17.2. The summed E-state index contributed by atoms with van der Waals surface area (Å²) < 4.78 is 5.24. The van der Waals surface area contributed by atoms with E-state index in [0.717, 1.165) is 11.1 Å². The summed E-state index contributed by atoms with van der Waals surface area (Å²) in [6.07, 6.45) is 1.32. The van der Waals surface area contributed by atoms with Crippen molar-refractivity contribution in [2.75, 3.05) is 0 Å². The zero-order valence-corrected chi connectivity index (χ0v) is 14.4. The maximum atomic E-state index is 12.6. The number of hydrogen-bond acceptors (Lipinski definition) is 4. The molecular weight excluding hydrogens is 338 g/mol. The zero-order valence-electron chi connectivity index (χ0n) is 13.6. The molecule has 0 spiro atoms. The highest BCUT2D eigenvalue weighted by Crippen LogP contribution is 2.24. The van der Waals surface area contributed by atoms with Crippen LogP contribution in [0.1, 0.15) is 46.5 Å². The topological polar surface area (TPSA) is 81.1 Å². The largest absolute Gasteiger partial charge is 0.446 e. The Bertz CT molecular complexity index is 845. The first-order valence-electron chi connectivity index (χ1n) is 7.87. The maximum Gasteiger partial charge on any atom is 0.273 e. The summed E-state index contributed by atoms with van der Waals surface area (Å²) in [6.45, 7) is 1.74. The van der Waals surface area contributed by atoms with Gasteiger partial charge in [-0.05, 0) is 30.2 Å². The van der Waals surface area contributed by atoms with Gasteiger partial charge in [-0.15, -0.1) is 0 Å². The van der Waals surface area contributed by atoms with Crippen LogP contribution < -0.4 is 11.1 Å². The number of hydrogen-bond donors (Lipinski definition) is 2. The molecule has 1 heterocycles. The van der Waals surface area contributed by atoms with Gasteiger partial charge in [0.05, 0.1) is 12.1 Å². The van der Waals surface area contributed by atoms with Crippen LogP contribution in [-0.2, 0) is 0 Å². The van der Waals surface area contributed by atoms with Crippen LogP contribution in [0.3, 0.4) is 0 Å². The number of carbonyl (C=O) groups excluding carboxylic acids is 1. The highest BCUT2D eigenvalue weighted by atomic mass is 35.5. The third-order valence-corrected chi connectivity index (χ3v) is 4.01. The number of carbonyl (C=O) groups is 1. The fraction of sp³-hybridized carbons (Fsp3) is 0.158. The summed E-state index contributed by atoms with van der Waals surface area (Å²) in [5.41, 5.74) is 7.79. The van der Waals surface area contributed by atoms with Gasteiger partial charge in [-0.2, -0.15) is 0 Å². The van der Waals surface area contributed by atoms with E-state index in [1.807, 2.05) is 42.5 Å². The molecule has 0 aliphatic carbocycles. The standard InChI is InChI=1S/C19H18ClN3O2/c1-12(21)19-22-16(11-25-19)18(24)23-17(13-5-3-2-4-6-13)14-7-9-15(20)10-8-14/h2-12,17H,21H2,1H3,(H,23,24). The van der Waals surface area contributed by atoms with Crippen molar-refractivity contribution in [2.45, 2.75) is 19.0 Å². The normalized spacial score (nSPS) is 13.2. The molecule has 2 unspecified atom stereocenters. The van der Waals surface area contributed by atoms with Crippen molar-refractivity contribution >= 4 is 17.5 Å². The van der Waals surface area contributed by atoms with E-state index in [1.54, 1.807) is 19.1 Å². The predicted molar refractivity (Wildman–Crippen MR) is 96.3 cm³/mol. The van der Waals surface area contributed by atoms with Gasteiger partial charge in [0.1, 0.15) is 6.26 Å². The molecule has 3 aromatic rings. The van der Waals surface area contributed by atoms with Crippen molar-refractivity contribution in [3.63, 3.8) is 0 Å². The highest BCUT2D eigenvalue weighted by Gasteiger charge is 2.20. The van der Waals surface area contributed by atoms with Crippen LogP contribution in [0.5, 0.6) is 0 Å². The average Bonchev–Trinajstić information content (AvgIpc) is 3.12. The molecule has 2 atom stereocenters. The van der Waals surface area contributed by atoms with Gasteiger partial charge in [-0.1, -0.05) is 54.1 Å². The average molecular weight is 356 g/mol. The van der Waals surface area contributed by atoms with Crippen LogP contribution in [0.15, 0.2) is 65.3 Å². The highest BCUT2D eigenvalue weighted by molar-refractivity contribution is 6.30. The molecule has 5 nitrogen and oxygen atoms in total. The molecule has 3 rings (SSSR count). The number of nitrogens with zero attached hydrogens (tertiary/aromatic N) is 1. The van der Waals surface area contributed by atoms with Gasteiger partial charge < -0.3 is 15.5 Å². The molecule has 0 aliphatic rings. The second kappa shape index (κ2) is 7.51. The lowest BCUT2D eigenvalue weighted by molar-refractivity contribution is 0.0938. The van der Waals surface area contributed by atoms with E-state index in [-0.39, 0.29) is 23.7 Å². The Hall–Kier alpha value is -2.63. The van der Waals surface area contributed by atoms with Crippen molar-refractivity contribution < 1.29 is 9.21 Å². The Morgan fingerprint density at radius 3 is 2.36 bits per heavy atom. The summed E-state index contributed by atoms with van der Waals surface area (Å²) in [5, 5.41) is 3.63. The lowest BCUT2D eigenvalue weighted by Gasteiger charge is -2.19. The molecule has 0 fully saturated rings. The summed E-state index contributed by atoms with van der Waals surface area (Å²) >= 11 is 5.97. The Labute approximate surface area is 150 Å². The molecule has 0 saturated carbocycles. The number of oxazole rings is 1. The Morgan fingerprint density at radius 2 is 1.76 bits per heavy atom. The Kier molecular flexibility index (Phi) is 5.16. The predicted octanol–water partition coefficient (Wildman–Crippen LogP) is 3.87. The van der Waals surface area contributed by atoms with Gasteiger partial charge in [0.25, 0.3) is 5.91 Å². The van der Waals surface area contributed by atoms with Gasteiger partial charge in [-0.25, -0.2) is 4.98 Å². The number of halogens is 1. The minimum absolute atomic E-state index is 0.196. The quantitative estimate of drug-likeness (QED) is 0.728. The van der Waals surface area contributed by atoms with Gasteiger partial charge in [0, 0.05) is 5.02 Å². The molecule has 0 radical (unpaired) electrons. The van der Waals surface area contributed by atoms with Crippen molar-refractivity contribution in [2.24, 2.45) is 5.73 Å². The Balaban J connectivity index is 1.89.